The molecule has 1 aromatic carbocycles. The minimum absolute atomic E-state index is 0.337. The molecule has 5 heteroatoms. The summed E-state index contributed by atoms with van der Waals surface area (Å²) in [5, 5.41) is 0. The maximum Gasteiger partial charge on any atom is 0.178 e. The first-order valence-corrected chi connectivity index (χ1v) is 7.28. The van der Waals surface area contributed by atoms with Gasteiger partial charge in [0.25, 0.3) is 0 Å². The summed E-state index contributed by atoms with van der Waals surface area (Å²) < 4.78 is 11.1. The minimum Gasteiger partial charge on any atom is -0.493 e. The maximum atomic E-state index is 5.82. The maximum absolute atomic E-state index is 5.82. The van der Waals surface area contributed by atoms with E-state index in [1.54, 1.807) is 13.3 Å². The number of pyridine rings is 1. The molecular formula is C18H17N3O2. The Balaban J connectivity index is 1.82. The van der Waals surface area contributed by atoms with Gasteiger partial charge in [-0.2, -0.15) is 0 Å². The molecule has 3 aromatic rings. The van der Waals surface area contributed by atoms with Crippen LogP contribution in [0, 0.1) is 6.92 Å². The van der Waals surface area contributed by atoms with E-state index in [0.29, 0.717) is 23.9 Å². The van der Waals surface area contributed by atoms with Crippen LogP contribution >= 0.6 is 0 Å². The molecule has 5 nitrogen and oxygen atoms in total. The Morgan fingerprint density at radius 3 is 2.48 bits per heavy atom. The van der Waals surface area contributed by atoms with Crippen LogP contribution in [0.1, 0.15) is 11.4 Å². The molecule has 0 aliphatic rings. The fourth-order valence-corrected chi connectivity index (χ4v) is 2.21. The largest absolute Gasteiger partial charge is 0.493 e. The zero-order chi connectivity index (χ0) is 16.1. The summed E-state index contributed by atoms with van der Waals surface area (Å²) in [7, 11) is 1.62. The molecule has 0 N–H and O–H groups in total. The van der Waals surface area contributed by atoms with Crippen molar-refractivity contribution in [3.8, 4) is 23.0 Å². The summed E-state index contributed by atoms with van der Waals surface area (Å²) in [5.41, 5.74) is 2.41. The number of para-hydroxylation sites is 2. The van der Waals surface area contributed by atoms with Crippen LogP contribution in [0.15, 0.2) is 54.7 Å². The second kappa shape index (κ2) is 6.87. The molecule has 0 unspecified atom stereocenters. The van der Waals surface area contributed by atoms with Crippen molar-refractivity contribution in [2.75, 3.05) is 7.11 Å². The zero-order valence-corrected chi connectivity index (χ0v) is 13.1. The highest BCUT2D eigenvalue weighted by Crippen LogP contribution is 2.26. The van der Waals surface area contributed by atoms with Crippen molar-refractivity contribution < 1.29 is 9.47 Å². The second-order valence-electron chi connectivity index (χ2n) is 4.98. The van der Waals surface area contributed by atoms with Gasteiger partial charge in [0.15, 0.2) is 17.3 Å². The molecule has 2 heterocycles. The standard InChI is InChI=1S/C18H17N3O2/c1-13-11-14(12-23-17-9-4-3-8-16(17)22-2)21-18(20-13)15-7-5-6-10-19-15/h3-11H,12H2,1-2H3. The molecule has 0 aliphatic carbocycles. The number of nitrogens with zero attached hydrogens (tertiary/aromatic N) is 3. The SMILES string of the molecule is COc1ccccc1OCc1cc(C)nc(-c2ccccn2)n1. The van der Waals surface area contributed by atoms with Gasteiger partial charge in [0.1, 0.15) is 12.3 Å². The van der Waals surface area contributed by atoms with Crippen LogP contribution in [0.3, 0.4) is 0 Å². The number of aryl methyl sites for hydroxylation is 1. The number of ether oxygens (including phenoxy) is 2. The van der Waals surface area contributed by atoms with Gasteiger partial charge in [0.05, 0.1) is 12.8 Å². The summed E-state index contributed by atoms with van der Waals surface area (Å²) in [6.45, 7) is 2.27. The second-order valence-corrected chi connectivity index (χ2v) is 4.98. The average Bonchev–Trinajstić information content (AvgIpc) is 2.60. The van der Waals surface area contributed by atoms with Gasteiger partial charge in [-0.3, -0.25) is 4.98 Å². The molecular weight excluding hydrogens is 290 g/mol. The van der Waals surface area contributed by atoms with E-state index in [2.05, 4.69) is 15.0 Å². The Morgan fingerprint density at radius 2 is 1.74 bits per heavy atom. The van der Waals surface area contributed by atoms with Crippen molar-refractivity contribution in [3.05, 3.63) is 66.1 Å². The molecule has 23 heavy (non-hydrogen) atoms. The summed E-state index contributed by atoms with van der Waals surface area (Å²) in [5.74, 6) is 1.98. The van der Waals surface area contributed by atoms with Crippen LogP contribution in [0.4, 0.5) is 0 Å². The number of hydrogen-bond donors (Lipinski definition) is 0. The fourth-order valence-electron chi connectivity index (χ4n) is 2.21. The van der Waals surface area contributed by atoms with E-state index in [9.17, 15) is 0 Å². The van der Waals surface area contributed by atoms with Crippen LogP contribution in [-0.2, 0) is 6.61 Å². The molecule has 0 saturated heterocycles. The highest BCUT2D eigenvalue weighted by Gasteiger charge is 2.08. The smallest absolute Gasteiger partial charge is 0.178 e. The zero-order valence-electron chi connectivity index (χ0n) is 13.1. The summed E-state index contributed by atoms with van der Waals surface area (Å²) in [4.78, 5) is 13.3. The molecule has 0 saturated carbocycles. The minimum atomic E-state index is 0.337. The Morgan fingerprint density at radius 1 is 0.957 bits per heavy atom. The van der Waals surface area contributed by atoms with Crippen molar-refractivity contribution in [1.29, 1.82) is 0 Å². The first-order valence-electron chi connectivity index (χ1n) is 7.28. The van der Waals surface area contributed by atoms with Crippen LogP contribution in [0.5, 0.6) is 11.5 Å². The first kappa shape index (κ1) is 15.0. The van der Waals surface area contributed by atoms with Crippen molar-refractivity contribution in [2.24, 2.45) is 0 Å². The molecule has 116 valence electrons. The molecule has 0 fully saturated rings. The first-order chi connectivity index (χ1) is 11.3. The number of aromatic nitrogens is 3. The van der Waals surface area contributed by atoms with Crippen molar-refractivity contribution in [2.45, 2.75) is 13.5 Å². The lowest BCUT2D eigenvalue weighted by Crippen LogP contribution is -2.03. The van der Waals surface area contributed by atoms with Gasteiger partial charge in [0.2, 0.25) is 0 Å². The van der Waals surface area contributed by atoms with Gasteiger partial charge in [-0.25, -0.2) is 9.97 Å². The molecule has 3 rings (SSSR count). The monoisotopic (exact) mass is 307 g/mol. The van der Waals surface area contributed by atoms with E-state index in [0.717, 1.165) is 17.1 Å². The van der Waals surface area contributed by atoms with Gasteiger partial charge < -0.3 is 9.47 Å². The summed E-state index contributed by atoms with van der Waals surface area (Å²) in [6.07, 6.45) is 1.73. The van der Waals surface area contributed by atoms with Gasteiger partial charge >= 0.3 is 0 Å². The normalized spacial score (nSPS) is 10.3. The van der Waals surface area contributed by atoms with E-state index in [-0.39, 0.29) is 0 Å². The molecule has 0 radical (unpaired) electrons. The van der Waals surface area contributed by atoms with E-state index in [1.165, 1.54) is 0 Å². The van der Waals surface area contributed by atoms with Crippen molar-refractivity contribution in [1.82, 2.24) is 15.0 Å². The summed E-state index contributed by atoms with van der Waals surface area (Å²) in [6, 6.07) is 15.1. The quantitative estimate of drug-likeness (QED) is 0.722. The number of rotatable bonds is 5. The van der Waals surface area contributed by atoms with Crippen molar-refractivity contribution >= 4 is 0 Å². The van der Waals surface area contributed by atoms with E-state index in [4.69, 9.17) is 9.47 Å². The van der Waals surface area contributed by atoms with Crippen molar-refractivity contribution in [3.63, 3.8) is 0 Å². The lowest BCUT2D eigenvalue weighted by Gasteiger charge is -2.11. The molecule has 0 amide bonds. The molecule has 0 atom stereocenters. The van der Waals surface area contributed by atoms with E-state index in [1.807, 2.05) is 55.5 Å². The molecule has 0 aliphatic heterocycles. The van der Waals surface area contributed by atoms with Gasteiger partial charge in [-0.15, -0.1) is 0 Å². The number of hydrogen-bond acceptors (Lipinski definition) is 5. The van der Waals surface area contributed by atoms with Gasteiger partial charge in [-0.05, 0) is 37.3 Å². The van der Waals surface area contributed by atoms with Crippen LogP contribution < -0.4 is 9.47 Å². The third-order valence-electron chi connectivity index (χ3n) is 3.25. The lowest BCUT2D eigenvalue weighted by atomic mass is 10.3. The van der Waals surface area contributed by atoms with Gasteiger partial charge in [-0.1, -0.05) is 18.2 Å². The van der Waals surface area contributed by atoms with Gasteiger partial charge in [0, 0.05) is 11.9 Å². The summed E-state index contributed by atoms with van der Waals surface area (Å²) >= 11 is 0. The highest BCUT2D eigenvalue weighted by atomic mass is 16.5. The third kappa shape index (κ3) is 3.63. The molecule has 2 aromatic heterocycles. The van der Waals surface area contributed by atoms with E-state index >= 15 is 0 Å². The Hall–Kier alpha value is -2.95. The highest BCUT2D eigenvalue weighted by molar-refractivity contribution is 5.48. The van der Waals surface area contributed by atoms with E-state index < -0.39 is 0 Å². The van der Waals surface area contributed by atoms with Crippen LogP contribution in [0.2, 0.25) is 0 Å². The third-order valence-corrected chi connectivity index (χ3v) is 3.25. The Kier molecular flexibility index (Phi) is 4.47. The number of methoxy groups -OCH3 is 1. The topological polar surface area (TPSA) is 57.1 Å². The molecule has 0 bridgehead atoms. The Bertz CT molecular complexity index is 791. The van der Waals surface area contributed by atoms with Crippen LogP contribution in [-0.4, -0.2) is 22.1 Å². The lowest BCUT2D eigenvalue weighted by molar-refractivity contribution is 0.280. The van der Waals surface area contributed by atoms with Crippen LogP contribution in [0.25, 0.3) is 11.5 Å². The predicted octanol–water partition coefficient (Wildman–Crippen LogP) is 3.43. The fraction of sp³-hybridized carbons (Fsp3) is 0.167. The Labute approximate surface area is 135 Å². The number of benzene rings is 1. The predicted molar refractivity (Wildman–Crippen MR) is 87.3 cm³/mol. The molecule has 0 spiro atoms. The average molecular weight is 307 g/mol.